The Morgan fingerprint density at radius 1 is 1.03 bits per heavy atom. The molecule has 2 atom stereocenters. The van der Waals surface area contributed by atoms with Gasteiger partial charge in [-0.2, -0.15) is 0 Å². The molecule has 3 rings (SSSR count). The zero-order valence-corrected chi connectivity index (χ0v) is 22.8. The number of hydrogen-bond acceptors (Lipinski definition) is 6. The molecule has 1 unspecified atom stereocenters. The Labute approximate surface area is 235 Å². The standard InChI is InChI=1S/C27H29Cl2N3O7/c1-39-27(38)20(31-25(36)21-7-2-3-14-32(21)22(33)12-13-23(34)35)15-16-8-10-17(11-9-16)30-26(37)24-18(28)5-4-6-19(24)29/h4-6,8-11,20-21H,2-3,7,12-15H2,1H3,(H,30,37)(H,31,36)(H,34,35)/t20-,21?/m0/s1. The summed E-state index contributed by atoms with van der Waals surface area (Å²) in [6.45, 7) is 0.339. The Morgan fingerprint density at radius 2 is 1.69 bits per heavy atom. The van der Waals surface area contributed by atoms with Crippen LogP contribution in [0.4, 0.5) is 5.69 Å². The van der Waals surface area contributed by atoms with Gasteiger partial charge >= 0.3 is 11.9 Å². The van der Waals surface area contributed by atoms with Gasteiger partial charge in [-0.25, -0.2) is 4.79 Å². The predicted octanol–water partition coefficient (Wildman–Crippen LogP) is 3.69. The summed E-state index contributed by atoms with van der Waals surface area (Å²) in [5.41, 5.74) is 1.30. The largest absolute Gasteiger partial charge is 0.481 e. The highest BCUT2D eigenvalue weighted by molar-refractivity contribution is 6.40. The lowest BCUT2D eigenvalue weighted by Gasteiger charge is -2.35. The van der Waals surface area contributed by atoms with Gasteiger partial charge in [0.1, 0.15) is 12.1 Å². The number of nitrogens with zero attached hydrogens (tertiary/aromatic N) is 1. The maximum absolute atomic E-state index is 13.1. The molecule has 3 N–H and O–H groups in total. The second-order valence-corrected chi connectivity index (χ2v) is 9.84. The van der Waals surface area contributed by atoms with Crippen molar-refractivity contribution in [1.29, 1.82) is 0 Å². The number of carboxylic acids is 1. The lowest BCUT2D eigenvalue weighted by Crippen LogP contribution is -2.55. The summed E-state index contributed by atoms with van der Waals surface area (Å²) in [5.74, 6) is -3.15. The fourth-order valence-corrected chi connectivity index (χ4v) is 4.90. The Bertz CT molecular complexity index is 1220. The number of rotatable bonds is 10. The number of carbonyl (C=O) groups excluding carboxylic acids is 4. The van der Waals surface area contributed by atoms with Crippen molar-refractivity contribution in [3.63, 3.8) is 0 Å². The van der Waals surface area contributed by atoms with Crippen LogP contribution in [-0.4, -0.2) is 65.4 Å². The van der Waals surface area contributed by atoms with E-state index in [1.54, 1.807) is 42.5 Å². The lowest BCUT2D eigenvalue weighted by molar-refractivity contribution is -0.148. The van der Waals surface area contributed by atoms with Crippen molar-refractivity contribution in [3.05, 3.63) is 63.6 Å². The third kappa shape index (κ3) is 8.18. The first-order valence-corrected chi connectivity index (χ1v) is 13.1. The van der Waals surface area contributed by atoms with Crippen LogP contribution in [0.5, 0.6) is 0 Å². The highest BCUT2D eigenvalue weighted by atomic mass is 35.5. The number of anilines is 1. The van der Waals surface area contributed by atoms with Gasteiger partial charge in [-0.3, -0.25) is 19.2 Å². The minimum Gasteiger partial charge on any atom is -0.481 e. The second-order valence-electron chi connectivity index (χ2n) is 9.03. The summed E-state index contributed by atoms with van der Waals surface area (Å²) in [5, 5.41) is 14.7. The number of piperidine rings is 1. The van der Waals surface area contributed by atoms with Crippen LogP contribution in [-0.2, 0) is 30.3 Å². The molecule has 1 aliphatic heterocycles. The molecule has 12 heteroatoms. The number of aliphatic carboxylic acids is 1. The highest BCUT2D eigenvalue weighted by Crippen LogP contribution is 2.25. The van der Waals surface area contributed by atoms with E-state index in [9.17, 15) is 24.0 Å². The average molecular weight is 578 g/mol. The Hall–Kier alpha value is -3.63. The number of ether oxygens (including phenoxy) is 1. The van der Waals surface area contributed by atoms with Crippen LogP contribution < -0.4 is 10.6 Å². The van der Waals surface area contributed by atoms with Crippen LogP contribution in [0.25, 0.3) is 0 Å². The van der Waals surface area contributed by atoms with E-state index in [1.807, 2.05) is 0 Å². The summed E-state index contributed by atoms with van der Waals surface area (Å²) >= 11 is 12.2. The van der Waals surface area contributed by atoms with Crippen molar-refractivity contribution in [3.8, 4) is 0 Å². The zero-order valence-electron chi connectivity index (χ0n) is 21.2. The van der Waals surface area contributed by atoms with E-state index in [0.717, 1.165) is 6.42 Å². The smallest absolute Gasteiger partial charge is 0.328 e. The molecular formula is C27H29Cl2N3O7. The van der Waals surface area contributed by atoms with Crippen LogP contribution in [0.1, 0.15) is 48.0 Å². The summed E-state index contributed by atoms with van der Waals surface area (Å²) in [6, 6.07) is 9.58. The summed E-state index contributed by atoms with van der Waals surface area (Å²) in [4.78, 5) is 63.1. The topological polar surface area (TPSA) is 142 Å². The van der Waals surface area contributed by atoms with E-state index in [1.165, 1.54) is 12.0 Å². The fraction of sp³-hybridized carbons (Fsp3) is 0.370. The van der Waals surface area contributed by atoms with Gasteiger partial charge in [0.25, 0.3) is 5.91 Å². The number of hydrogen-bond donors (Lipinski definition) is 3. The molecule has 0 aliphatic carbocycles. The van der Waals surface area contributed by atoms with Gasteiger partial charge < -0.3 is 25.4 Å². The predicted molar refractivity (Wildman–Crippen MR) is 145 cm³/mol. The van der Waals surface area contributed by atoms with E-state index in [-0.39, 0.29) is 34.9 Å². The maximum atomic E-state index is 13.1. The van der Waals surface area contributed by atoms with Gasteiger partial charge in [-0.15, -0.1) is 0 Å². The molecule has 1 saturated heterocycles. The molecule has 208 valence electrons. The molecule has 1 aliphatic rings. The van der Waals surface area contributed by atoms with Crippen LogP contribution in [0.15, 0.2) is 42.5 Å². The maximum Gasteiger partial charge on any atom is 0.328 e. The molecule has 1 heterocycles. The molecule has 0 aromatic heterocycles. The SMILES string of the molecule is COC(=O)[C@H](Cc1ccc(NC(=O)c2c(Cl)cccc2Cl)cc1)NC(=O)C1CCCCN1C(=O)CCC(=O)O. The number of benzene rings is 2. The Kier molecular flexibility index (Phi) is 10.7. The molecule has 0 spiro atoms. The molecule has 39 heavy (non-hydrogen) atoms. The van der Waals surface area contributed by atoms with Gasteiger partial charge in [0.05, 0.1) is 29.1 Å². The molecule has 10 nitrogen and oxygen atoms in total. The first-order valence-electron chi connectivity index (χ1n) is 12.3. The first-order chi connectivity index (χ1) is 18.6. The second kappa shape index (κ2) is 14.0. The van der Waals surface area contributed by atoms with Crippen LogP contribution in [0.3, 0.4) is 0 Å². The normalized spacial score (nSPS) is 15.7. The number of methoxy groups -OCH3 is 1. The van der Waals surface area contributed by atoms with Crippen molar-refractivity contribution in [1.82, 2.24) is 10.2 Å². The number of likely N-dealkylation sites (tertiary alicyclic amines) is 1. The van der Waals surface area contributed by atoms with Crippen molar-refractivity contribution >= 4 is 58.5 Å². The number of carboxylic acid groups (broad SMARTS) is 1. The average Bonchev–Trinajstić information content (AvgIpc) is 2.91. The summed E-state index contributed by atoms with van der Waals surface area (Å²) in [7, 11) is 1.21. The van der Waals surface area contributed by atoms with Crippen LogP contribution in [0.2, 0.25) is 10.0 Å². The van der Waals surface area contributed by atoms with Crippen molar-refractivity contribution in [2.24, 2.45) is 0 Å². The van der Waals surface area contributed by atoms with Gasteiger partial charge in [0, 0.05) is 25.1 Å². The summed E-state index contributed by atoms with van der Waals surface area (Å²) < 4.78 is 4.88. The number of halogens is 2. The molecule has 0 bridgehead atoms. The molecular weight excluding hydrogens is 549 g/mol. The minimum atomic E-state index is -1.09. The Balaban J connectivity index is 1.67. The number of amides is 3. The molecule has 2 aromatic carbocycles. The molecule has 0 radical (unpaired) electrons. The minimum absolute atomic E-state index is 0.0999. The number of carbonyl (C=O) groups is 5. The highest BCUT2D eigenvalue weighted by Gasteiger charge is 2.34. The lowest BCUT2D eigenvalue weighted by atomic mass is 9.99. The quantitative estimate of drug-likeness (QED) is 0.365. The van der Waals surface area contributed by atoms with Gasteiger partial charge in [0.2, 0.25) is 11.8 Å². The monoisotopic (exact) mass is 577 g/mol. The molecule has 0 saturated carbocycles. The van der Waals surface area contributed by atoms with Gasteiger partial charge in [-0.05, 0) is 49.1 Å². The van der Waals surface area contributed by atoms with Crippen molar-refractivity contribution in [2.75, 3.05) is 19.0 Å². The number of esters is 1. The van der Waals surface area contributed by atoms with E-state index in [2.05, 4.69) is 10.6 Å². The number of nitrogens with one attached hydrogen (secondary N) is 2. The third-order valence-corrected chi connectivity index (χ3v) is 6.95. The molecule has 1 fully saturated rings. The van der Waals surface area contributed by atoms with Crippen molar-refractivity contribution < 1.29 is 33.8 Å². The van der Waals surface area contributed by atoms with E-state index in [4.69, 9.17) is 33.0 Å². The van der Waals surface area contributed by atoms with E-state index >= 15 is 0 Å². The first kappa shape index (κ1) is 29.9. The summed E-state index contributed by atoms with van der Waals surface area (Å²) in [6.07, 6.45) is 1.40. The third-order valence-electron chi connectivity index (χ3n) is 6.32. The zero-order chi connectivity index (χ0) is 28.5. The molecule has 2 aromatic rings. The van der Waals surface area contributed by atoms with Gasteiger partial charge in [0.15, 0.2) is 0 Å². The van der Waals surface area contributed by atoms with Gasteiger partial charge in [-0.1, -0.05) is 41.4 Å². The van der Waals surface area contributed by atoms with E-state index in [0.29, 0.717) is 30.6 Å². The van der Waals surface area contributed by atoms with Crippen LogP contribution in [0, 0.1) is 0 Å². The van der Waals surface area contributed by atoms with Crippen molar-refractivity contribution in [2.45, 2.75) is 50.6 Å². The van der Waals surface area contributed by atoms with Crippen LogP contribution >= 0.6 is 23.2 Å². The molecule has 3 amide bonds. The fourth-order valence-electron chi connectivity index (χ4n) is 4.33. The van der Waals surface area contributed by atoms with E-state index < -0.39 is 41.7 Å². The Morgan fingerprint density at radius 3 is 2.31 bits per heavy atom.